The highest BCUT2D eigenvalue weighted by Crippen LogP contribution is 2.40. The van der Waals surface area contributed by atoms with Gasteiger partial charge in [-0.3, -0.25) is 0 Å². The molecule has 0 aliphatic heterocycles. The first kappa shape index (κ1) is 13.3. The Morgan fingerprint density at radius 3 is 2.70 bits per heavy atom. The van der Waals surface area contributed by atoms with Crippen molar-refractivity contribution < 1.29 is 8.78 Å². The Labute approximate surface area is 116 Å². The van der Waals surface area contributed by atoms with Crippen LogP contribution in [0.1, 0.15) is 39.2 Å². The molecule has 1 aromatic carbocycles. The number of halogens is 2. The van der Waals surface area contributed by atoms with Crippen LogP contribution in [0.5, 0.6) is 0 Å². The van der Waals surface area contributed by atoms with Gasteiger partial charge in [0.05, 0.1) is 5.52 Å². The van der Waals surface area contributed by atoms with Gasteiger partial charge in [0, 0.05) is 6.04 Å². The fourth-order valence-corrected chi connectivity index (χ4v) is 3.51. The van der Waals surface area contributed by atoms with E-state index in [-0.39, 0.29) is 17.5 Å². The molecule has 2 aromatic rings. The standard InChI is InChI=1S/C15H19F2N3/c1-8-3-6-12(9(2)7-8)20-14-11(19-15(20)18)5-4-10(16)13(14)17/h4-5,8-9,12H,3,6-7H2,1-2H3,(H2,18,19). The second-order valence-corrected chi connectivity index (χ2v) is 6.03. The maximum atomic E-state index is 14.1. The van der Waals surface area contributed by atoms with Gasteiger partial charge in [0.25, 0.3) is 0 Å². The van der Waals surface area contributed by atoms with Crippen molar-refractivity contribution in [3.8, 4) is 0 Å². The largest absolute Gasteiger partial charge is 0.369 e. The van der Waals surface area contributed by atoms with Gasteiger partial charge in [0.15, 0.2) is 11.6 Å². The van der Waals surface area contributed by atoms with Crippen molar-refractivity contribution in [2.24, 2.45) is 11.8 Å². The summed E-state index contributed by atoms with van der Waals surface area (Å²) in [7, 11) is 0. The first-order chi connectivity index (χ1) is 9.49. The van der Waals surface area contributed by atoms with Crippen molar-refractivity contribution in [1.29, 1.82) is 0 Å². The van der Waals surface area contributed by atoms with Crippen molar-refractivity contribution in [1.82, 2.24) is 9.55 Å². The number of aromatic nitrogens is 2. The molecule has 1 aromatic heterocycles. The Morgan fingerprint density at radius 1 is 1.25 bits per heavy atom. The van der Waals surface area contributed by atoms with Gasteiger partial charge in [-0.15, -0.1) is 0 Å². The van der Waals surface area contributed by atoms with Crippen molar-refractivity contribution in [2.75, 3.05) is 5.73 Å². The topological polar surface area (TPSA) is 43.8 Å². The van der Waals surface area contributed by atoms with Crippen molar-refractivity contribution in [3.63, 3.8) is 0 Å². The summed E-state index contributed by atoms with van der Waals surface area (Å²) >= 11 is 0. The van der Waals surface area contributed by atoms with E-state index >= 15 is 0 Å². The van der Waals surface area contributed by atoms with Crippen molar-refractivity contribution >= 4 is 17.0 Å². The zero-order chi connectivity index (χ0) is 14.4. The molecule has 1 heterocycles. The third-order valence-electron chi connectivity index (χ3n) is 4.49. The molecule has 0 radical (unpaired) electrons. The summed E-state index contributed by atoms with van der Waals surface area (Å²) in [5.74, 6) is -0.385. The minimum atomic E-state index is -0.851. The Kier molecular flexibility index (Phi) is 3.15. The Bertz CT molecular complexity index is 650. The lowest BCUT2D eigenvalue weighted by atomic mass is 9.79. The highest BCUT2D eigenvalue weighted by molar-refractivity contribution is 5.79. The Hall–Kier alpha value is -1.65. The summed E-state index contributed by atoms with van der Waals surface area (Å²) in [6, 6.07) is 2.67. The number of nitrogens with zero attached hydrogens (tertiary/aromatic N) is 2. The molecule has 0 spiro atoms. The van der Waals surface area contributed by atoms with Crippen LogP contribution in [0.2, 0.25) is 0 Å². The molecule has 3 unspecified atom stereocenters. The molecular formula is C15H19F2N3. The fraction of sp³-hybridized carbons (Fsp3) is 0.533. The van der Waals surface area contributed by atoms with Gasteiger partial charge >= 0.3 is 0 Å². The number of benzene rings is 1. The number of rotatable bonds is 1. The molecule has 5 heteroatoms. The lowest BCUT2D eigenvalue weighted by molar-refractivity contribution is 0.212. The Balaban J connectivity index is 2.15. The number of fused-ring (bicyclic) bond motifs is 1. The smallest absolute Gasteiger partial charge is 0.201 e. The molecule has 0 saturated heterocycles. The molecule has 1 aliphatic carbocycles. The summed E-state index contributed by atoms with van der Waals surface area (Å²) < 4.78 is 29.3. The second-order valence-electron chi connectivity index (χ2n) is 6.03. The SMILES string of the molecule is CC1CCC(n2c(N)nc3ccc(F)c(F)c32)C(C)C1. The molecule has 1 aliphatic rings. The van der Waals surface area contributed by atoms with Gasteiger partial charge < -0.3 is 10.3 Å². The van der Waals surface area contributed by atoms with Gasteiger partial charge in [-0.05, 0) is 43.2 Å². The van der Waals surface area contributed by atoms with E-state index in [2.05, 4.69) is 18.8 Å². The van der Waals surface area contributed by atoms with E-state index in [1.165, 1.54) is 6.07 Å². The quantitative estimate of drug-likeness (QED) is 0.860. The van der Waals surface area contributed by atoms with Crippen LogP contribution in [0.3, 0.4) is 0 Å². The normalized spacial score (nSPS) is 27.1. The average Bonchev–Trinajstić information content (AvgIpc) is 2.72. The lowest BCUT2D eigenvalue weighted by Gasteiger charge is -2.34. The predicted molar refractivity (Wildman–Crippen MR) is 75.3 cm³/mol. The van der Waals surface area contributed by atoms with Gasteiger partial charge in [0.1, 0.15) is 5.52 Å². The van der Waals surface area contributed by atoms with Gasteiger partial charge in [-0.1, -0.05) is 13.8 Å². The fourth-order valence-electron chi connectivity index (χ4n) is 3.51. The lowest BCUT2D eigenvalue weighted by Crippen LogP contribution is -2.26. The summed E-state index contributed by atoms with van der Waals surface area (Å²) in [5, 5.41) is 0. The van der Waals surface area contributed by atoms with Crippen LogP contribution in [0.25, 0.3) is 11.0 Å². The van der Waals surface area contributed by atoms with E-state index in [9.17, 15) is 8.78 Å². The summed E-state index contributed by atoms with van der Waals surface area (Å²) in [4.78, 5) is 4.18. The molecule has 108 valence electrons. The molecule has 0 amide bonds. The van der Waals surface area contributed by atoms with Crippen molar-refractivity contribution in [2.45, 2.75) is 39.2 Å². The number of anilines is 1. The molecule has 20 heavy (non-hydrogen) atoms. The van der Waals surface area contributed by atoms with Crippen LogP contribution in [-0.2, 0) is 0 Å². The molecule has 0 bridgehead atoms. The van der Waals surface area contributed by atoms with Crippen LogP contribution in [0.4, 0.5) is 14.7 Å². The van der Waals surface area contributed by atoms with Crippen LogP contribution in [0, 0.1) is 23.5 Å². The van der Waals surface area contributed by atoms with Crippen LogP contribution in [-0.4, -0.2) is 9.55 Å². The minimum Gasteiger partial charge on any atom is -0.369 e. The van der Waals surface area contributed by atoms with Crippen LogP contribution < -0.4 is 5.73 Å². The molecule has 1 saturated carbocycles. The van der Waals surface area contributed by atoms with Crippen LogP contribution >= 0.6 is 0 Å². The van der Waals surface area contributed by atoms with Gasteiger partial charge in [-0.2, -0.15) is 0 Å². The highest BCUT2D eigenvalue weighted by atomic mass is 19.2. The number of hydrogen-bond donors (Lipinski definition) is 1. The first-order valence-electron chi connectivity index (χ1n) is 7.10. The van der Waals surface area contributed by atoms with E-state index in [1.54, 1.807) is 4.57 Å². The average molecular weight is 279 g/mol. The van der Waals surface area contributed by atoms with E-state index < -0.39 is 11.6 Å². The van der Waals surface area contributed by atoms with E-state index in [4.69, 9.17) is 5.73 Å². The Morgan fingerprint density at radius 2 is 2.00 bits per heavy atom. The third-order valence-corrected chi connectivity index (χ3v) is 4.49. The summed E-state index contributed by atoms with van der Waals surface area (Å²) in [6.07, 6.45) is 3.07. The molecule has 2 N–H and O–H groups in total. The van der Waals surface area contributed by atoms with Gasteiger partial charge in [0.2, 0.25) is 5.95 Å². The van der Waals surface area contributed by atoms with Crippen molar-refractivity contribution in [3.05, 3.63) is 23.8 Å². The van der Waals surface area contributed by atoms with E-state index in [0.29, 0.717) is 17.4 Å². The second kappa shape index (κ2) is 4.72. The third kappa shape index (κ3) is 1.96. The van der Waals surface area contributed by atoms with E-state index in [0.717, 1.165) is 25.3 Å². The zero-order valence-electron chi connectivity index (χ0n) is 11.7. The number of imidazole rings is 1. The van der Waals surface area contributed by atoms with E-state index in [1.807, 2.05) is 0 Å². The van der Waals surface area contributed by atoms with Gasteiger partial charge in [-0.25, -0.2) is 13.8 Å². The first-order valence-corrected chi connectivity index (χ1v) is 7.10. The molecule has 3 nitrogen and oxygen atoms in total. The summed E-state index contributed by atoms with van der Waals surface area (Å²) in [5.41, 5.74) is 6.59. The molecule has 3 rings (SSSR count). The highest BCUT2D eigenvalue weighted by Gasteiger charge is 2.30. The minimum absolute atomic E-state index is 0.0903. The molecule has 1 fully saturated rings. The zero-order valence-corrected chi connectivity index (χ0v) is 11.7. The number of nitrogen functional groups attached to an aromatic ring is 1. The predicted octanol–water partition coefficient (Wildman–Crippen LogP) is 3.89. The molecule has 3 atom stereocenters. The monoisotopic (exact) mass is 279 g/mol. The summed E-state index contributed by atoms with van der Waals surface area (Å²) in [6.45, 7) is 4.37. The number of hydrogen-bond acceptors (Lipinski definition) is 2. The number of nitrogens with two attached hydrogens (primary N) is 1. The molecular weight excluding hydrogens is 260 g/mol. The maximum absolute atomic E-state index is 14.1. The van der Waals surface area contributed by atoms with Crippen LogP contribution in [0.15, 0.2) is 12.1 Å². The maximum Gasteiger partial charge on any atom is 0.201 e.